The predicted molar refractivity (Wildman–Crippen MR) is 122 cm³/mol. The summed E-state index contributed by atoms with van der Waals surface area (Å²) in [4.78, 5) is 24.5. The third-order valence-electron chi connectivity index (χ3n) is 5.19. The topological polar surface area (TPSA) is 66.1 Å². The van der Waals surface area contributed by atoms with Gasteiger partial charge >= 0.3 is 5.97 Å². The van der Waals surface area contributed by atoms with Crippen LogP contribution in [0.15, 0.2) is 36.4 Å². The Bertz CT molecular complexity index is 1180. The standard InChI is InChI=1S/C23H23Cl2N3O3/c1-14-11-19(16(3)27(14)4)21(29)13-31-22(30)10-9-18-15(2)26-28(23(18)25)12-17-7-5-6-8-20(17)24/h5-11H,12-13H2,1-4H3. The van der Waals surface area contributed by atoms with Gasteiger partial charge in [0.05, 0.1) is 12.2 Å². The number of hydrogen-bond donors (Lipinski definition) is 0. The van der Waals surface area contributed by atoms with Gasteiger partial charge in [-0.05, 0) is 44.5 Å². The monoisotopic (exact) mass is 459 g/mol. The Balaban J connectivity index is 1.65. The molecule has 0 saturated heterocycles. The quantitative estimate of drug-likeness (QED) is 0.285. The van der Waals surface area contributed by atoms with Crippen molar-refractivity contribution in [3.8, 4) is 0 Å². The Morgan fingerprint density at radius 3 is 2.52 bits per heavy atom. The highest BCUT2D eigenvalue weighted by atomic mass is 35.5. The minimum atomic E-state index is -0.632. The van der Waals surface area contributed by atoms with E-state index in [0.717, 1.165) is 17.0 Å². The van der Waals surface area contributed by atoms with Crippen molar-refractivity contribution in [3.05, 3.63) is 80.4 Å². The van der Waals surface area contributed by atoms with Crippen LogP contribution in [-0.2, 0) is 23.1 Å². The number of ketones is 1. The molecule has 0 radical (unpaired) electrons. The molecule has 0 bridgehead atoms. The van der Waals surface area contributed by atoms with Crippen molar-refractivity contribution >= 4 is 41.0 Å². The Labute approximate surface area is 191 Å². The van der Waals surface area contributed by atoms with Crippen LogP contribution in [0.5, 0.6) is 0 Å². The number of rotatable bonds is 7. The Hall–Kier alpha value is -2.83. The average Bonchev–Trinajstić information content (AvgIpc) is 3.15. The number of carbonyl (C=O) groups is 2. The van der Waals surface area contributed by atoms with Crippen LogP contribution in [0.2, 0.25) is 10.2 Å². The summed E-state index contributed by atoms with van der Waals surface area (Å²) in [5.74, 6) is -0.877. The van der Waals surface area contributed by atoms with Gasteiger partial charge in [-0.1, -0.05) is 41.4 Å². The third-order valence-corrected chi connectivity index (χ3v) is 5.96. The summed E-state index contributed by atoms with van der Waals surface area (Å²) in [5, 5.41) is 5.43. The van der Waals surface area contributed by atoms with Gasteiger partial charge in [0.1, 0.15) is 5.15 Å². The van der Waals surface area contributed by atoms with Crippen molar-refractivity contribution in [2.45, 2.75) is 27.3 Å². The van der Waals surface area contributed by atoms with Crippen molar-refractivity contribution in [2.75, 3.05) is 6.61 Å². The van der Waals surface area contributed by atoms with Crippen LogP contribution in [0.1, 0.15) is 38.6 Å². The summed E-state index contributed by atoms with van der Waals surface area (Å²) in [7, 11) is 1.88. The van der Waals surface area contributed by atoms with Crippen molar-refractivity contribution in [2.24, 2.45) is 7.05 Å². The Morgan fingerprint density at radius 1 is 1.16 bits per heavy atom. The molecule has 3 aromatic rings. The number of halogens is 2. The molecular weight excluding hydrogens is 437 g/mol. The number of hydrogen-bond acceptors (Lipinski definition) is 4. The van der Waals surface area contributed by atoms with Crippen LogP contribution in [-0.4, -0.2) is 32.7 Å². The van der Waals surface area contributed by atoms with Gasteiger partial charge in [-0.2, -0.15) is 5.10 Å². The molecule has 3 rings (SSSR count). The van der Waals surface area contributed by atoms with Crippen LogP contribution < -0.4 is 0 Å². The van der Waals surface area contributed by atoms with Gasteiger partial charge in [0.25, 0.3) is 0 Å². The molecule has 0 amide bonds. The van der Waals surface area contributed by atoms with Crippen LogP contribution in [0, 0.1) is 20.8 Å². The first-order valence-corrected chi connectivity index (χ1v) is 10.4. The molecule has 0 spiro atoms. The fourth-order valence-corrected chi connectivity index (χ4v) is 3.69. The molecule has 0 fully saturated rings. The van der Waals surface area contributed by atoms with Gasteiger partial charge in [-0.3, -0.25) is 4.79 Å². The largest absolute Gasteiger partial charge is 0.454 e. The van der Waals surface area contributed by atoms with E-state index in [1.807, 2.05) is 43.7 Å². The normalized spacial score (nSPS) is 11.3. The first-order chi connectivity index (χ1) is 14.7. The Morgan fingerprint density at radius 2 is 1.87 bits per heavy atom. The molecule has 162 valence electrons. The van der Waals surface area contributed by atoms with Crippen molar-refractivity contribution in [1.29, 1.82) is 0 Å². The molecule has 2 aromatic heterocycles. The molecule has 0 N–H and O–H groups in total. The van der Waals surface area contributed by atoms with E-state index in [1.54, 1.807) is 29.8 Å². The second-order valence-electron chi connectivity index (χ2n) is 7.25. The van der Waals surface area contributed by atoms with Crippen LogP contribution in [0.25, 0.3) is 6.08 Å². The van der Waals surface area contributed by atoms with Gasteiger partial charge in [-0.25, -0.2) is 9.48 Å². The molecular formula is C23H23Cl2N3O3. The maximum absolute atomic E-state index is 12.4. The lowest BCUT2D eigenvalue weighted by molar-refractivity contribution is -0.136. The number of aryl methyl sites for hydroxylation is 2. The maximum Gasteiger partial charge on any atom is 0.331 e. The number of nitrogens with zero attached hydrogens (tertiary/aromatic N) is 3. The SMILES string of the molecule is Cc1nn(Cc2ccccc2Cl)c(Cl)c1C=CC(=O)OCC(=O)c1cc(C)n(C)c1C. The van der Waals surface area contributed by atoms with Crippen LogP contribution >= 0.6 is 23.2 Å². The number of aromatic nitrogens is 3. The predicted octanol–water partition coefficient (Wildman–Crippen LogP) is 4.94. The molecule has 0 unspecified atom stereocenters. The smallest absolute Gasteiger partial charge is 0.331 e. The Kier molecular flexibility index (Phi) is 7.03. The zero-order valence-electron chi connectivity index (χ0n) is 17.8. The summed E-state index contributed by atoms with van der Waals surface area (Å²) in [6.45, 7) is 5.64. The first kappa shape index (κ1) is 22.8. The van der Waals surface area contributed by atoms with E-state index in [0.29, 0.717) is 33.5 Å². The summed E-state index contributed by atoms with van der Waals surface area (Å²) < 4.78 is 8.64. The average molecular weight is 460 g/mol. The zero-order chi connectivity index (χ0) is 22.7. The second kappa shape index (κ2) is 9.54. The molecule has 0 saturated carbocycles. The lowest BCUT2D eigenvalue weighted by Gasteiger charge is -2.05. The lowest BCUT2D eigenvalue weighted by atomic mass is 10.1. The van der Waals surface area contributed by atoms with Crippen molar-refractivity contribution in [1.82, 2.24) is 14.3 Å². The molecule has 0 aliphatic heterocycles. The minimum absolute atomic E-state index is 0.246. The molecule has 6 nitrogen and oxygen atoms in total. The molecule has 0 aliphatic rings. The highest BCUT2D eigenvalue weighted by Crippen LogP contribution is 2.24. The van der Waals surface area contributed by atoms with E-state index in [2.05, 4.69) is 5.10 Å². The van der Waals surface area contributed by atoms with Gasteiger partial charge < -0.3 is 9.30 Å². The molecule has 2 heterocycles. The van der Waals surface area contributed by atoms with E-state index >= 15 is 0 Å². The zero-order valence-corrected chi connectivity index (χ0v) is 19.3. The number of ether oxygens (including phenoxy) is 1. The fraction of sp³-hybridized carbons (Fsp3) is 0.261. The molecule has 0 atom stereocenters. The van der Waals surface area contributed by atoms with Gasteiger partial charge in [0.2, 0.25) is 5.78 Å². The maximum atomic E-state index is 12.4. The van der Waals surface area contributed by atoms with Gasteiger partial charge in [-0.15, -0.1) is 0 Å². The van der Waals surface area contributed by atoms with E-state index in [1.165, 1.54) is 6.08 Å². The van der Waals surface area contributed by atoms with Crippen LogP contribution in [0.4, 0.5) is 0 Å². The summed E-state index contributed by atoms with van der Waals surface area (Å²) in [6, 6.07) is 9.24. The number of esters is 1. The molecule has 1 aromatic carbocycles. The minimum Gasteiger partial charge on any atom is -0.454 e. The van der Waals surface area contributed by atoms with Gasteiger partial charge in [0, 0.05) is 40.7 Å². The third kappa shape index (κ3) is 5.09. The number of benzene rings is 1. The van der Waals surface area contributed by atoms with Crippen molar-refractivity contribution < 1.29 is 14.3 Å². The molecule has 31 heavy (non-hydrogen) atoms. The van der Waals surface area contributed by atoms with Crippen molar-refractivity contribution in [3.63, 3.8) is 0 Å². The summed E-state index contributed by atoms with van der Waals surface area (Å²) in [5.41, 5.74) is 4.50. The molecule has 0 aliphatic carbocycles. The van der Waals surface area contributed by atoms with E-state index in [-0.39, 0.29) is 12.4 Å². The summed E-state index contributed by atoms with van der Waals surface area (Å²) in [6.07, 6.45) is 2.78. The first-order valence-electron chi connectivity index (χ1n) is 9.66. The second-order valence-corrected chi connectivity index (χ2v) is 8.01. The highest BCUT2D eigenvalue weighted by molar-refractivity contribution is 6.32. The highest BCUT2D eigenvalue weighted by Gasteiger charge is 2.16. The lowest BCUT2D eigenvalue weighted by Crippen LogP contribution is -2.13. The molecule has 8 heteroatoms. The van der Waals surface area contributed by atoms with Crippen LogP contribution in [0.3, 0.4) is 0 Å². The number of carbonyl (C=O) groups excluding carboxylic acids is 2. The van der Waals surface area contributed by atoms with E-state index < -0.39 is 5.97 Å². The van der Waals surface area contributed by atoms with E-state index in [4.69, 9.17) is 27.9 Å². The fourth-order valence-electron chi connectivity index (χ4n) is 3.20. The summed E-state index contributed by atoms with van der Waals surface area (Å²) >= 11 is 12.7. The van der Waals surface area contributed by atoms with Gasteiger partial charge in [0.15, 0.2) is 6.61 Å². The number of Topliss-reactive ketones (excluding diaryl/α,β-unsaturated/α-hetero) is 1. The van der Waals surface area contributed by atoms with E-state index in [9.17, 15) is 9.59 Å².